The van der Waals surface area contributed by atoms with Crippen molar-refractivity contribution in [1.82, 2.24) is 11.0 Å². The van der Waals surface area contributed by atoms with Gasteiger partial charge in [-0.1, -0.05) is 18.2 Å². The molecule has 1 heterocycles. The number of fused-ring (bicyclic) bond motifs is 1. The van der Waals surface area contributed by atoms with Crippen LogP contribution in [0.3, 0.4) is 0 Å². The van der Waals surface area contributed by atoms with Crippen LogP contribution in [0.2, 0.25) is 0 Å². The summed E-state index contributed by atoms with van der Waals surface area (Å²) in [4.78, 5) is 11.0. The average Bonchev–Trinajstić information content (AvgIpc) is 2.25. The number of hydrogen-bond donors (Lipinski definition) is 3. The second-order valence-corrected chi connectivity index (χ2v) is 2.63. The molecule has 2 rings (SSSR count). The van der Waals surface area contributed by atoms with E-state index in [4.69, 9.17) is 0 Å². The van der Waals surface area contributed by atoms with Crippen molar-refractivity contribution in [2.45, 2.75) is 6.42 Å². The maximum Gasteiger partial charge on any atom is 0.239 e. The Bertz CT molecular complexity index is 311. The Kier molecular flexibility index (Phi) is 1.68. The molecular weight excluding hydrogens is 154 g/mol. The van der Waals surface area contributed by atoms with Crippen LogP contribution in [-0.2, 0) is 11.2 Å². The maximum absolute atomic E-state index is 11.0. The lowest BCUT2D eigenvalue weighted by Gasteiger charge is -2.04. The summed E-state index contributed by atoms with van der Waals surface area (Å²) in [6, 6.07) is 7.68. The van der Waals surface area contributed by atoms with Gasteiger partial charge in [-0.25, -0.2) is 0 Å². The summed E-state index contributed by atoms with van der Waals surface area (Å²) < 4.78 is 0. The molecule has 0 fully saturated rings. The van der Waals surface area contributed by atoms with E-state index in [-0.39, 0.29) is 5.91 Å². The number of para-hydroxylation sites is 1. The van der Waals surface area contributed by atoms with E-state index in [9.17, 15) is 4.79 Å². The molecule has 0 radical (unpaired) electrons. The Balaban J connectivity index is 2.37. The van der Waals surface area contributed by atoms with Crippen molar-refractivity contribution in [3.05, 3.63) is 29.8 Å². The summed E-state index contributed by atoms with van der Waals surface area (Å²) in [5, 5.41) is 0. The number of carbonyl (C=O) groups is 1. The predicted molar refractivity (Wildman–Crippen MR) is 45.0 cm³/mol. The molecule has 4 heteroatoms. The van der Waals surface area contributed by atoms with Gasteiger partial charge in [0.25, 0.3) is 0 Å². The van der Waals surface area contributed by atoms with Gasteiger partial charge in [0, 0.05) is 0 Å². The molecule has 3 N–H and O–H groups in total. The second kappa shape index (κ2) is 2.83. The van der Waals surface area contributed by atoms with E-state index in [1.807, 2.05) is 24.3 Å². The van der Waals surface area contributed by atoms with Crippen molar-refractivity contribution < 1.29 is 4.79 Å². The molecule has 1 aliphatic heterocycles. The molecule has 0 saturated heterocycles. The molecular formula is C8H9N3O. The maximum atomic E-state index is 11.0. The largest absolute Gasteiger partial charge is 0.304 e. The average molecular weight is 163 g/mol. The van der Waals surface area contributed by atoms with Crippen LogP contribution in [0.1, 0.15) is 5.56 Å². The number of benzene rings is 1. The first kappa shape index (κ1) is 7.12. The second-order valence-electron chi connectivity index (χ2n) is 2.63. The van der Waals surface area contributed by atoms with Crippen LogP contribution < -0.4 is 16.4 Å². The van der Waals surface area contributed by atoms with Crippen molar-refractivity contribution >= 4 is 11.6 Å². The fraction of sp³-hybridized carbons (Fsp3) is 0.125. The van der Waals surface area contributed by atoms with Gasteiger partial charge in [-0.3, -0.25) is 10.2 Å². The van der Waals surface area contributed by atoms with Gasteiger partial charge in [-0.05, 0) is 11.6 Å². The lowest BCUT2D eigenvalue weighted by molar-refractivity contribution is -0.121. The fourth-order valence-electron chi connectivity index (χ4n) is 1.18. The summed E-state index contributed by atoms with van der Waals surface area (Å²) in [6.45, 7) is 0. The molecule has 1 aliphatic rings. The first-order chi connectivity index (χ1) is 5.86. The summed E-state index contributed by atoms with van der Waals surface area (Å²) in [5.41, 5.74) is 9.91. The van der Waals surface area contributed by atoms with Crippen LogP contribution >= 0.6 is 0 Å². The Morgan fingerprint density at radius 3 is 2.92 bits per heavy atom. The molecule has 12 heavy (non-hydrogen) atoms. The van der Waals surface area contributed by atoms with Crippen LogP contribution in [0.4, 0.5) is 5.69 Å². The first-order valence-corrected chi connectivity index (χ1v) is 3.74. The van der Waals surface area contributed by atoms with Gasteiger partial charge < -0.3 is 5.43 Å². The zero-order valence-corrected chi connectivity index (χ0v) is 6.42. The van der Waals surface area contributed by atoms with Crippen molar-refractivity contribution in [1.29, 1.82) is 0 Å². The minimum Gasteiger partial charge on any atom is -0.304 e. The van der Waals surface area contributed by atoms with Gasteiger partial charge in [0.1, 0.15) is 0 Å². The van der Waals surface area contributed by atoms with Gasteiger partial charge in [0.05, 0.1) is 12.1 Å². The molecule has 0 unspecified atom stereocenters. The number of hydrogen-bond acceptors (Lipinski definition) is 3. The third-order valence-electron chi connectivity index (χ3n) is 1.77. The zero-order valence-electron chi connectivity index (χ0n) is 6.42. The zero-order chi connectivity index (χ0) is 8.39. The molecule has 0 saturated carbocycles. The van der Waals surface area contributed by atoms with Gasteiger partial charge in [0.2, 0.25) is 5.91 Å². The standard InChI is InChI=1S/C8H9N3O/c12-8-5-6-3-1-2-4-7(6)9-11-10-8/h1-4,9,11H,5H2,(H,10,12). The Hall–Kier alpha value is -1.55. The molecule has 1 aromatic rings. The minimum absolute atomic E-state index is 0.0348. The number of nitrogens with one attached hydrogen (secondary N) is 3. The summed E-state index contributed by atoms with van der Waals surface area (Å²) in [6.07, 6.45) is 0.413. The fourth-order valence-corrected chi connectivity index (χ4v) is 1.18. The normalized spacial score (nSPS) is 15.5. The molecule has 1 amide bonds. The molecule has 0 atom stereocenters. The van der Waals surface area contributed by atoms with E-state index < -0.39 is 0 Å². The number of anilines is 1. The van der Waals surface area contributed by atoms with Crippen LogP contribution in [-0.4, -0.2) is 5.91 Å². The van der Waals surface area contributed by atoms with E-state index in [1.165, 1.54) is 0 Å². The van der Waals surface area contributed by atoms with E-state index in [2.05, 4.69) is 16.4 Å². The quantitative estimate of drug-likeness (QED) is 0.511. The lowest BCUT2D eigenvalue weighted by Crippen LogP contribution is -2.39. The summed E-state index contributed by atoms with van der Waals surface area (Å²) in [5.74, 6) is -0.0348. The van der Waals surface area contributed by atoms with Gasteiger partial charge in [-0.15, -0.1) is 5.53 Å². The molecule has 0 spiro atoms. The van der Waals surface area contributed by atoms with Crippen molar-refractivity contribution in [3.63, 3.8) is 0 Å². The molecule has 4 nitrogen and oxygen atoms in total. The minimum atomic E-state index is -0.0348. The first-order valence-electron chi connectivity index (χ1n) is 3.74. The Labute approximate surface area is 69.9 Å². The van der Waals surface area contributed by atoms with Crippen LogP contribution in [0.15, 0.2) is 24.3 Å². The van der Waals surface area contributed by atoms with E-state index in [0.717, 1.165) is 11.3 Å². The summed E-state index contributed by atoms with van der Waals surface area (Å²) >= 11 is 0. The molecule has 0 aromatic heterocycles. The van der Waals surface area contributed by atoms with Crippen LogP contribution in [0.5, 0.6) is 0 Å². The van der Waals surface area contributed by atoms with Gasteiger partial charge in [0.15, 0.2) is 0 Å². The van der Waals surface area contributed by atoms with Crippen LogP contribution in [0.25, 0.3) is 0 Å². The third-order valence-corrected chi connectivity index (χ3v) is 1.77. The molecule has 62 valence electrons. The van der Waals surface area contributed by atoms with Gasteiger partial charge >= 0.3 is 0 Å². The lowest BCUT2D eigenvalue weighted by atomic mass is 10.1. The highest BCUT2D eigenvalue weighted by Gasteiger charge is 2.10. The number of amides is 1. The highest BCUT2D eigenvalue weighted by atomic mass is 16.2. The summed E-state index contributed by atoms with van der Waals surface area (Å²) in [7, 11) is 0. The van der Waals surface area contributed by atoms with Crippen molar-refractivity contribution in [2.24, 2.45) is 0 Å². The highest BCUT2D eigenvalue weighted by molar-refractivity contribution is 5.81. The van der Waals surface area contributed by atoms with E-state index in [1.54, 1.807) is 0 Å². The van der Waals surface area contributed by atoms with Crippen molar-refractivity contribution in [2.75, 3.05) is 5.43 Å². The molecule has 1 aromatic carbocycles. The number of hydrazine groups is 2. The highest BCUT2D eigenvalue weighted by Crippen LogP contribution is 2.15. The smallest absolute Gasteiger partial charge is 0.239 e. The van der Waals surface area contributed by atoms with E-state index in [0.29, 0.717) is 6.42 Å². The monoisotopic (exact) mass is 163 g/mol. The predicted octanol–water partition coefficient (Wildman–Crippen LogP) is 0.190. The van der Waals surface area contributed by atoms with E-state index >= 15 is 0 Å². The molecule has 0 aliphatic carbocycles. The van der Waals surface area contributed by atoms with Crippen LogP contribution in [0, 0.1) is 0 Å². The van der Waals surface area contributed by atoms with Gasteiger partial charge in [-0.2, -0.15) is 0 Å². The Morgan fingerprint density at radius 1 is 1.17 bits per heavy atom. The topological polar surface area (TPSA) is 53.2 Å². The Morgan fingerprint density at radius 2 is 2.00 bits per heavy atom. The number of rotatable bonds is 0. The third kappa shape index (κ3) is 1.24. The van der Waals surface area contributed by atoms with Crippen molar-refractivity contribution in [3.8, 4) is 0 Å². The molecule has 0 bridgehead atoms. The SMILES string of the molecule is O=C1Cc2ccccc2NNN1. The number of carbonyl (C=O) groups excluding carboxylic acids is 1.